The zero-order chi connectivity index (χ0) is 24.1. The molecule has 0 spiro atoms. The highest BCUT2D eigenvalue weighted by Crippen LogP contribution is 2.26. The second kappa shape index (κ2) is 8.59. The third kappa shape index (κ3) is 4.30. The normalized spacial score (nSPS) is 17.5. The maximum Gasteiger partial charge on any atom is 0.280 e. The first kappa shape index (κ1) is 23.5. The van der Waals surface area contributed by atoms with E-state index in [1.54, 1.807) is 9.47 Å². The lowest BCUT2D eigenvalue weighted by molar-refractivity contribution is -0.133. The topological polar surface area (TPSA) is 83.2 Å². The molecule has 2 amide bonds. The SMILES string of the molecule is CCN1CCN(C(=O)Cn2c3c(c(=O)n4nc(C(C)(C)C)cc24)CN(CC(C)C)C3=O)CC1. The zero-order valence-electron chi connectivity index (χ0n) is 20.7. The molecule has 0 saturated carbocycles. The summed E-state index contributed by atoms with van der Waals surface area (Å²) in [6.07, 6.45) is 0. The number of hydrogen-bond acceptors (Lipinski definition) is 5. The summed E-state index contributed by atoms with van der Waals surface area (Å²) >= 11 is 0. The fraction of sp³-hybridized carbons (Fsp3) is 0.667. The van der Waals surface area contributed by atoms with E-state index < -0.39 is 0 Å². The van der Waals surface area contributed by atoms with Crippen LogP contribution in [0.25, 0.3) is 5.65 Å². The number of carbonyl (C=O) groups excluding carboxylic acids is 2. The van der Waals surface area contributed by atoms with Crippen LogP contribution in [0.1, 0.15) is 63.3 Å². The Labute approximate surface area is 194 Å². The summed E-state index contributed by atoms with van der Waals surface area (Å²) in [5, 5.41) is 4.60. The van der Waals surface area contributed by atoms with Crippen LogP contribution in [0.4, 0.5) is 0 Å². The first-order chi connectivity index (χ1) is 15.5. The highest BCUT2D eigenvalue weighted by atomic mass is 16.2. The lowest BCUT2D eigenvalue weighted by atomic mass is 9.93. The summed E-state index contributed by atoms with van der Waals surface area (Å²) in [6.45, 7) is 17.2. The van der Waals surface area contributed by atoms with Gasteiger partial charge in [-0.2, -0.15) is 9.61 Å². The molecule has 1 saturated heterocycles. The Morgan fingerprint density at radius 2 is 1.79 bits per heavy atom. The van der Waals surface area contributed by atoms with Crippen LogP contribution in [0.3, 0.4) is 0 Å². The van der Waals surface area contributed by atoms with Gasteiger partial charge in [-0.1, -0.05) is 41.5 Å². The van der Waals surface area contributed by atoms with Gasteiger partial charge in [-0.3, -0.25) is 14.4 Å². The monoisotopic (exact) mass is 456 g/mol. The minimum absolute atomic E-state index is 0.0226. The molecule has 4 heterocycles. The fourth-order valence-corrected chi connectivity index (χ4v) is 4.68. The van der Waals surface area contributed by atoms with E-state index in [0.29, 0.717) is 36.5 Å². The molecule has 2 aliphatic heterocycles. The zero-order valence-corrected chi connectivity index (χ0v) is 20.7. The van der Waals surface area contributed by atoms with Crippen LogP contribution in [0.2, 0.25) is 0 Å². The average Bonchev–Trinajstić information content (AvgIpc) is 3.34. The van der Waals surface area contributed by atoms with Gasteiger partial charge in [-0.05, 0) is 12.5 Å². The van der Waals surface area contributed by atoms with Crippen molar-refractivity contribution in [2.75, 3.05) is 39.3 Å². The molecule has 33 heavy (non-hydrogen) atoms. The van der Waals surface area contributed by atoms with Gasteiger partial charge in [-0.15, -0.1) is 0 Å². The summed E-state index contributed by atoms with van der Waals surface area (Å²) in [5.74, 6) is 0.0624. The first-order valence-electron chi connectivity index (χ1n) is 12.0. The molecule has 0 aromatic carbocycles. The number of piperazine rings is 1. The van der Waals surface area contributed by atoms with Crippen molar-refractivity contribution in [2.24, 2.45) is 5.92 Å². The Bertz CT molecular complexity index is 1130. The van der Waals surface area contributed by atoms with Crippen molar-refractivity contribution in [3.8, 4) is 0 Å². The second-order valence-electron chi connectivity index (χ2n) is 10.7. The second-order valence-corrected chi connectivity index (χ2v) is 10.7. The van der Waals surface area contributed by atoms with Crippen molar-refractivity contribution in [3.05, 3.63) is 33.4 Å². The molecular weight excluding hydrogens is 420 g/mol. The maximum absolute atomic E-state index is 13.4. The molecule has 0 unspecified atom stereocenters. The predicted octanol–water partition coefficient (Wildman–Crippen LogP) is 1.57. The van der Waals surface area contributed by atoms with Crippen LogP contribution in [-0.2, 0) is 23.3 Å². The van der Waals surface area contributed by atoms with E-state index in [0.717, 1.165) is 25.3 Å². The molecule has 9 heteroatoms. The Kier molecular flexibility index (Phi) is 6.11. The largest absolute Gasteiger partial charge is 0.339 e. The summed E-state index contributed by atoms with van der Waals surface area (Å²) < 4.78 is 3.12. The van der Waals surface area contributed by atoms with Gasteiger partial charge in [0.1, 0.15) is 17.9 Å². The number of hydrogen-bond donors (Lipinski definition) is 0. The Morgan fingerprint density at radius 1 is 1.12 bits per heavy atom. The lowest BCUT2D eigenvalue weighted by Gasteiger charge is -2.34. The molecule has 2 aromatic rings. The van der Waals surface area contributed by atoms with Gasteiger partial charge in [0, 0.05) is 44.2 Å². The van der Waals surface area contributed by atoms with E-state index in [-0.39, 0.29) is 41.8 Å². The van der Waals surface area contributed by atoms with Gasteiger partial charge in [0.2, 0.25) is 5.91 Å². The predicted molar refractivity (Wildman–Crippen MR) is 126 cm³/mol. The van der Waals surface area contributed by atoms with Gasteiger partial charge in [-0.25, -0.2) is 0 Å². The fourth-order valence-electron chi connectivity index (χ4n) is 4.68. The minimum Gasteiger partial charge on any atom is -0.339 e. The minimum atomic E-state index is -0.269. The molecule has 1 fully saturated rings. The number of fused-ring (bicyclic) bond motifs is 2. The average molecular weight is 457 g/mol. The first-order valence-corrected chi connectivity index (χ1v) is 12.0. The van der Waals surface area contributed by atoms with E-state index in [2.05, 4.69) is 16.9 Å². The van der Waals surface area contributed by atoms with E-state index in [4.69, 9.17) is 0 Å². The molecule has 4 rings (SSSR count). The molecule has 0 atom stereocenters. The van der Waals surface area contributed by atoms with Crippen molar-refractivity contribution in [1.82, 2.24) is 28.9 Å². The molecule has 0 N–H and O–H groups in total. The van der Waals surface area contributed by atoms with E-state index in [1.165, 1.54) is 4.52 Å². The molecule has 0 aliphatic carbocycles. The van der Waals surface area contributed by atoms with E-state index in [1.807, 2.05) is 45.6 Å². The Morgan fingerprint density at radius 3 is 2.36 bits per heavy atom. The van der Waals surface area contributed by atoms with Crippen LogP contribution in [0.5, 0.6) is 0 Å². The number of amides is 2. The molecule has 0 radical (unpaired) electrons. The molecule has 2 aromatic heterocycles. The molecule has 0 bridgehead atoms. The summed E-state index contributed by atoms with van der Waals surface area (Å²) in [7, 11) is 0. The van der Waals surface area contributed by atoms with Crippen LogP contribution in [0.15, 0.2) is 10.9 Å². The molecular formula is C24H36N6O3. The highest BCUT2D eigenvalue weighted by Gasteiger charge is 2.36. The van der Waals surface area contributed by atoms with Crippen LogP contribution >= 0.6 is 0 Å². The molecule has 9 nitrogen and oxygen atoms in total. The van der Waals surface area contributed by atoms with Crippen molar-refractivity contribution in [3.63, 3.8) is 0 Å². The van der Waals surface area contributed by atoms with Crippen molar-refractivity contribution in [1.29, 1.82) is 0 Å². The van der Waals surface area contributed by atoms with Gasteiger partial charge in [0.25, 0.3) is 11.5 Å². The smallest absolute Gasteiger partial charge is 0.280 e. The lowest BCUT2D eigenvalue weighted by Crippen LogP contribution is -2.49. The van der Waals surface area contributed by atoms with Crippen molar-refractivity contribution < 1.29 is 9.59 Å². The van der Waals surface area contributed by atoms with E-state index >= 15 is 0 Å². The van der Waals surface area contributed by atoms with Crippen LogP contribution in [0, 0.1) is 5.92 Å². The number of rotatable bonds is 5. The van der Waals surface area contributed by atoms with Crippen LogP contribution < -0.4 is 5.56 Å². The van der Waals surface area contributed by atoms with Crippen molar-refractivity contribution in [2.45, 2.75) is 60.0 Å². The van der Waals surface area contributed by atoms with Crippen LogP contribution in [-0.4, -0.2) is 80.0 Å². The highest BCUT2D eigenvalue weighted by molar-refractivity contribution is 5.97. The summed E-state index contributed by atoms with van der Waals surface area (Å²) in [4.78, 5) is 46.0. The summed E-state index contributed by atoms with van der Waals surface area (Å²) in [5.41, 5.74) is 1.50. The Hall–Kier alpha value is -2.68. The number of likely N-dealkylation sites (N-methyl/N-ethyl adjacent to an activating group) is 1. The van der Waals surface area contributed by atoms with Gasteiger partial charge in [0.05, 0.1) is 17.8 Å². The third-order valence-electron chi connectivity index (χ3n) is 6.63. The van der Waals surface area contributed by atoms with E-state index in [9.17, 15) is 14.4 Å². The molecule has 2 aliphatic rings. The van der Waals surface area contributed by atoms with Gasteiger partial charge >= 0.3 is 0 Å². The third-order valence-corrected chi connectivity index (χ3v) is 6.63. The number of nitrogens with zero attached hydrogens (tertiary/aromatic N) is 6. The standard InChI is InChI=1S/C24H36N6O3/c1-7-26-8-10-27(11-9-26)20(31)15-29-19-12-18(24(4,5)6)25-30(19)22(32)17-14-28(13-16(2)3)23(33)21(17)29/h12,16H,7-11,13-15H2,1-6H3. The van der Waals surface area contributed by atoms with Crippen molar-refractivity contribution >= 4 is 17.5 Å². The van der Waals surface area contributed by atoms with Gasteiger partial charge in [0.15, 0.2) is 0 Å². The number of carbonyl (C=O) groups is 2. The maximum atomic E-state index is 13.4. The molecule has 180 valence electrons. The van der Waals surface area contributed by atoms with Gasteiger partial charge < -0.3 is 19.3 Å². The number of aromatic nitrogens is 3. The Balaban J connectivity index is 1.78. The summed E-state index contributed by atoms with van der Waals surface area (Å²) in [6, 6.07) is 1.85. The quantitative estimate of drug-likeness (QED) is 0.682.